The van der Waals surface area contributed by atoms with Crippen molar-refractivity contribution in [3.63, 3.8) is 0 Å². The molecule has 1 fully saturated rings. The number of nitrogens with zero attached hydrogens (tertiary/aromatic N) is 1. The van der Waals surface area contributed by atoms with Crippen LogP contribution in [0.15, 0.2) is 47.4 Å². The third-order valence-electron chi connectivity index (χ3n) is 4.35. The van der Waals surface area contributed by atoms with E-state index in [4.69, 9.17) is 21.7 Å². The van der Waals surface area contributed by atoms with E-state index >= 15 is 0 Å². The van der Waals surface area contributed by atoms with Gasteiger partial charge in [0, 0.05) is 11.8 Å². The van der Waals surface area contributed by atoms with Crippen molar-refractivity contribution in [3.05, 3.63) is 52.9 Å². The Morgan fingerprint density at radius 1 is 1.34 bits per heavy atom. The van der Waals surface area contributed by atoms with E-state index in [1.165, 1.54) is 11.8 Å². The van der Waals surface area contributed by atoms with E-state index in [-0.39, 0.29) is 11.9 Å². The minimum atomic E-state index is -0.276. The summed E-state index contributed by atoms with van der Waals surface area (Å²) >= 11 is 6.23. The molecule has 0 spiro atoms. The number of hydrogen-bond donors (Lipinski definition) is 2. The molecule has 0 aromatic heterocycles. The van der Waals surface area contributed by atoms with Gasteiger partial charge in [0.05, 0.1) is 24.2 Å². The number of rotatable bonds is 3. The Hall–Kier alpha value is -3.04. The minimum Gasteiger partial charge on any atom is -0.497 e. The van der Waals surface area contributed by atoms with E-state index in [0.717, 1.165) is 5.56 Å². The molecule has 29 heavy (non-hydrogen) atoms. The number of nitrogens with one attached hydrogen (secondary N) is 2. The molecule has 4 rings (SSSR count). The first kappa shape index (κ1) is 19.3. The zero-order valence-corrected chi connectivity index (χ0v) is 17.1. The van der Waals surface area contributed by atoms with Gasteiger partial charge in [-0.15, -0.1) is 0 Å². The Balaban J connectivity index is 1.59. The van der Waals surface area contributed by atoms with Crippen LogP contribution >= 0.6 is 24.0 Å². The van der Waals surface area contributed by atoms with Gasteiger partial charge < -0.3 is 20.1 Å². The molecular formula is C20H17N3O4S2. The molecule has 0 saturated carbocycles. The molecule has 3 amide bonds. The molecule has 0 radical (unpaired) electrons. The van der Waals surface area contributed by atoms with Crippen LogP contribution in [0.3, 0.4) is 0 Å². The van der Waals surface area contributed by atoms with Crippen LogP contribution in [0.1, 0.15) is 5.56 Å². The fraction of sp³-hybridized carbons (Fsp3) is 0.150. The van der Waals surface area contributed by atoms with Crippen LogP contribution in [0.25, 0.3) is 6.08 Å². The lowest BCUT2D eigenvalue weighted by molar-refractivity contribution is -0.115. The summed E-state index contributed by atoms with van der Waals surface area (Å²) in [6, 6.07) is 12.3. The standard InChI is InChI=1S/C20H17N3O4S2/c1-26-14-4-2-3-13(11-14)21-19(25)23-7-8-27-16-6-5-12(9-15(16)23)10-17-18(24)22-20(28)29-17/h2-6,9-11H,7-8H2,1H3,(H,21,25)(H,22,24,28). The number of benzene rings is 2. The second kappa shape index (κ2) is 8.14. The van der Waals surface area contributed by atoms with Gasteiger partial charge in [0.25, 0.3) is 5.91 Å². The Kier molecular flexibility index (Phi) is 5.41. The van der Waals surface area contributed by atoms with Gasteiger partial charge in [0.1, 0.15) is 22.4 Å². The topological polar surface area (TPSA) is 79.9 Å². The van der Waals surface area contributed by atoms with Crippen molar-refractivity contribution >= 4 is 57.7 Å². The molecule has 148 valence electrons. The molecule has 2 aliphatic heterocycles. The average molecular weight is 428 g/mol. The molecule has 2 aromatic carbocycles. The summed E-state index contributed by atoms with van der Waals surface area (Å²) in [5, 5.41) is 5.47. The molecule has 0 atom stereocenters. The highest BCUT2D eigenvalue weighted by molar-refractivity contribution is 8.26. The second-order valence-electron chi connectivity index (χ2n) is 6.24. The Morgan fingerprint density at radius 3 is 2.97 bits per heavy atom. The smallest absolute Gasteiger partial charge is 0.326 e. The molecule has 0 aliphatic carbocycles. The minimum absolute atomic E-state index is 0.221. The molecule has 2 heterocycles. The van der Waals surface area contributed by atoms with Crippen LogP contribution in [-0.4, -0.2) is 36.5 Å². The number of thioether (sulfide) groups is 1. The monoisotopic (exact) mass is 427 g/mol. The fourth-order valence-electron chi connectivity index (χ4n) is 3.00. The van der Waals surface area contributed by atoms with Crippen molar-refractivity contribution in [1.29, 1.82) is 0 Å². The predicted octanol–water partition coefficient (Wildman–Crippen LogP) is 3.61. The summed E-state index contributed by atoms with van der Waals surface area (Å²) in [4.78, 5) is 26.9. The van der Waals surface area contributed by atoms with Crippen molar-refractivity contribution in [3.8, 4) is 11.5 Å². The van der Waals surface area contributed by atoms with Gasteiger partial charge in [-0.1, -0.05) is 36.1 Å². The maximum atomic E-state index is 12.9. The van der Waals surface area contributed by atoms with E-state index in [9.17, 15) is 9.59 Å². The summed E-state index contributed by atoms with van der Waals surface area (Å²) in [7, 11) is 1.57. The van der Waals surface area contributed by atoms with Crippen LogP contribution in [0.4, 0.5) is 16.2 Å². The van der Waals surface area contributed by atoms with Crippen molar-refractivity contribution < 1.29 is 19.1 Å². The maximum absolute atomic E-state index is 12.9. The summed E-state index contributed by atoms with van der Waals surface area (Å²) < 4.78 is 11.3. The zero-order valence-electron chi connectivity index (χ0n) is 15.4. The highest BCUT2D eigenvalue weighted by atomic mass is 32.2. The van der Waals surface area contributed by atoms with Gasteiger partial charge in [-0.3, -0.25) is 9.69 Å². The van der Waals surface area contributed by atoms with Crippen molar-refractivity contribution in [2.45, 2.75) is 0 Å². The second-order valence-corrected chi connectivity index (χ2v) is 7.96. The number of methoxy groups -OCH3 is 1. The third-order valence-corrected chi connectivity index (χ3v) is 5.51. The SMILES string of the molecule is COc1cccc(NC(=O)N2CCOc3ccc(C=C4SC(=S)NC4=O)cc32)c1. The van der Waals surface area contributed by atoms with E-state index in [0.29, 0.717) is 45.3 Å². The molecule has 0 unspecified atom stereocenters. The van der Waals surface area contributed by atoms with Crippen LogP contribution in [-0.2, 0) is 4.79 Å². The van der Waals surface area contributed by atoms with Gasteiger partial charge in [-0.05, 0) is 35.9 Å². The molecular weight excluding hydrogens is 410 g/mol. The number of anilines is 2. The van der Waals surface area contributed by atoms with Crippen LogP contribution in [0, 0.1) is 0 Å². The molecule has 2 N–H and O–H groups in total. The van der Waals surface area contributed by atoms with Crippen LogP contribution in [0.2, 0.25) is 0 Å². The first-order valence-corrected chi connectivity index (χ1v) is 10.0. The summed E-state index contributed by atoms with van der Waals surface area (Å²) in [5.74, 6) is 1.05. The van der Waals surface area contributed by atoms with Crippen LogP contribution in [0.5, 0.6) is 11.5 Å². The van der Waals surface area contributed by atoms with E-state index in [1.807, 2.05) is 18.2 Å². The quantitative estimate of drug-likeness (QED) is 0.575. The normalized spacial score (nSPS) is 16.9. The Morgan fingerprint density at radius 2 is 2.21 bits per heavy atom. The molecule has 2 aromatic rings. The lowest BCUT2D eigenvalue weighted by atomic mass is 10.1. The number of urea groups is 1. The van der Waals surface area contributed by atoms with Crippen molar-refractivity contribution in [2.24, 2.45) is 0 Å². The number of hydrogen-bond acceptors (Lipinski definition) is 6. The van der Waals surface area contributed by atoms with E-state index < -0.39 is 0 Å². The first-order valence-electron chi connectivity index (χ1n) is 8.78. The number of thiocarbonyl (C=S) groups is 1. The lowest BCUT2D eigenvalue weighted by Crippen LogP contribution is -2.40. The summed E-state index contributed by atoms with van der Waals surface area (Å²) in [5.41, 5.74) is 2.04. The molecule has 1 saturated heterocycles. The largest absolute Gasteiger partial charge is 0.497 e. The van der Waals surface area contributed by atoms with Gasteiger partial charge in [0.15, 0.2) is 0 Å². The van der Waals surface area contributed by atoms with Gasteiger partial charge in [-0.25, -0.2) is 4.79 Å². The van der Waals surface area contributed by atoms with E-state index in [1.54, 1.807) is 42.4 Å². The van der Waals surface area contributed by atoms with Crippen LogP contribution < -0.4 is 25.0 Å². The lowest BCUT2D eigenvalue weighted by Gasteiger charge is -2.30. The van der Waals surface area contributed by atoms with E-state index in [2.05, 4.69) is 10.6 Å². The summed E-state index contributed by atoms with van der Waals surface area (Å²) in [6.07, 6.45) is 1.74. The fourth-order valence-corrected chi connectivity index (χ4v) is 4.04. The molecule has 7 nitrogen and oxygen atoms in total. The van der Waals surface area contributed by atoms with Gasteiger partial charge in [0.2, 0.25) is 0 Å². The number of ether oxygens (including phenoxy) is 2. The Labute approximate surface area is 177 Å². The third kappa shape index (κ3) is 4.20. The van der Waals surface area contributed by atoms with Crippen molar-refractivity contribution in [2.75, 3.05) is 30.5 Å². The summed E-state index contributed by atoms with van der Waals surface area (Å²) in [6.45, 7) is 0.799. The number of fused-ring (bicyclic) bond motifs is 1. The highest BCUT2D eigenvalue weighted by Gasteiger charge is 2.25. The number of amides is 3. The maximum Gasteiger partial charge on any atom is 0.326 e. The molecule has 9 heteroatoms. The Bertz CT molecular complexity index is 1040. The van der Waals surface area contributed by atoms with Gasteiger partial charge >= 0.3 is 6.03 Å². The van der Waals surface area contributed by atoms with Crippen molar-refractivity contribution in [1.82, 2.24) is 5.32 Å². The van der Waals surface area contributed by atoms with Gasteiger partial charge in [-0.2, -0.15) is 0 Å². The zero-order chi connectivity index (χ0) is 20.4. The highest BCUT2D eigenvalue weighted by Crippen LogP contribution is 2.35. The first-order chi connectivity index (χ1) is 14.0. The predicted molar refractivity (Wildman–Crippen MR) is 118 cm³/mol. The number of carbonyl (C=O) groups is 2. The molecule has 2 aliphatic rings. The number of carbonyl (C=O) groups excluding carboxylic acids is 2. The average Bonchev–Trinajstić information content (AvgIpc) is 3.04. The molecule has 0 bridgehead atoms.